The molecule has 0 aromatic heterocycles. The Labute approximate surface area is 115 Å². The summed E-state index contributed by atoms with van der Waals surface area (Å²) in [4.78, 5) is 14.0. The number of nitrogens with two attached hydrogens (primary N) is 1. The summed E-state index contributed by atoms with van der Waals surface area (Å²) in [5.74, 6) is 0.202. The summed E-state index contributed by atoms with van der Waals surface area (Å²) in [5.41, 5.74) is 9.35. The summed E-state index contributed by atoms with van der Waals surface area (Å²) in [5, 5.41) is 0. The van der Waals surface area contributed by atoms with Gasteiger partial charge in [-0.05, 0) is 42.0 Å². The zero-order valence-electron chi connectivity index (χ0n) is 12.2. The van der Waals surface area contributed by atoms with Gasteiger partial charge in [0.15, 0.2) is 0 Å². The number of carbonyl (C=O) groups is 1. The fourth-order valence-corrected chi connectivity index (χ4v) is 2.52. The van der Waals surface area contributed by atoms with Gasteiger partial charge < -0.3 is 10.6 Å². The molecule has 1 aliphatic heterocycles. The number of benzene rings is 1. The molecule has 0 unspecified atom stereocenters. The Hall–Kier alpha value is -1.35. The van der Waals surface area contributed by atoms with Crippen LogP contribution in [0.1, 0.15) is 44.7 Å². The number of fused-ring (bicyclic) bond motifs is 1. The van der Waals surface area contributed by atoms with E-state index in [0.717, 1.165) is 25.1 Å². The summed E-state index contributed by atoms with van der Waals surface area (Å²) in [6.07, 6.45) is 2.29. The average molecular weight is 260 g/mol. The SMILES string of the molecule is CC(C)(C)c1ccc2c(c1)CCN2C(=O)CCCN. The highest BCUT2D eigenvalue weighted by molar-refractivity contribution is 5.95. The van der Waals surface area contributed by atoms with E-state index in [1.165, 1.54) is 11.1 Å². The van der Waals surface area contributed by atoms with Gasteiger partial charge in [0.25, 0.3) is 0 Å². The molecule has 104 valence electrons. The largest absolute Gasteiger partial charge is 0.330 e. The molecule has 1 aromatic rings. The molecule has 0 radical (unpaired) electrons. The van der Waals surface area contributed by atoms with E-state index in [9.17, 15) is 4.79 Å². The van der Waals surface area contributed by atoms with Gasteiger partial charge in [-0.15, -0.1) is 0 Å². The minimum atomic E-state index is 0.159. The van der Waals surface area contributed by atoms with E-state index in [1.807, 2.05) is 4.90 Å². The molecule has 0 spiro atoms. The van der Waals surface area contributed by atoms with Gasteiger partial charge in [0.2, 0.25) is 5.91 Å². The third-order valence-electron chi connectivity index (χ3n) is 3.74. The lowest BCUT2D eigenvalue weighted by molar-refractivity contribution is -0.118. The maximum absolute atomic E-state index is 12.1. The number of amides is 1. The Morgan fingerprint density at radius 1 is 1.37 bits per heavy atom. The van der Waals surface area contributed by atoms with Crippen LogP contribution >= 0.6 is 0 Å². The first kappa shape index (κ1) is 14.1. The molecule has 0 saturated carbocycles. The Morgan fingerprint density at radius 2 is 2.11 bits per heavy atom. The lowest BCUT2D eigenvalue weighted by Gasteiger charge is -2.21. The van der Waals surface area contributed by atoms with Gasteiger partial charge in [-0.1, -0.05) is 32.9 Å². The van der Waals surface area contributed by atoms with Crippen molar-refractivity contribution in [2.75, 3.05) is 18.0 Å². The molecule has 2 N–H and O–H groups in total. The van der Waals surface area contributed by atoms with E-state index < -0.39 is 0 Å². The van der Waals surface area contributed by atoms with Crippen molar-refractivity contribution in [1.82, 2.24) is 0 Å². The molecule has 3 heteroatoms. The first-order valence-electron chi connectivity index (χ1n) is 7.07. The van der Waals surface area contributed by atoms with Crippen molar-refractivity contribution in [3.63, 3.8) is 0 Å². The highest BCUT2D eigenvalue weighted by Crippen LogP contribution is 2.33. The molecule has 19 heavy (non-hydrogen) atoms. The Balaban J connectivity index is 2.20. The zero-order valence-corrected chi connectivity index (χ0v) is 12.2. The number of hydrogen-bond donors (Lipinski definition) is 1. The lowest BCUT2D eigenvalue weighted by atomic mass is 9.86. The maximum atomic E-state index is 12.1. The standard InChI is InChI=1S/C16H24N2O/c1-16(2,3)13-6-7-14-12(11-13)8-10-18(14)15(19)5-4-9-17/h6-7,11H,4-5,8-10,17H2,1-3H3. The fourth-order valence-electron chi connectivity index (χ4n) is 2.52. The molecule has 0 fully saturated rings. The number of hydrogen-bond acceptors (Lipinski definition) is 2. The molecule has 1 aliphatic rings. The second-order valence-electron chi connectivity index (χ2n) is 6.28. The quantitative estimate of drug-likeness (QED) is 0.908. The van der Waals surface area contributed by atoms with Crippen molar-refractivity contribution in [3.8, 4) is 0 Å². The lowest BCUT2D eigenvalue weighted by Crippen LogP contribution is -2.29. The summed E-state index contributed by atoms with van der Waals surface area (Å²) in [6.45, 7) is 8.04. The van der Waals surface area contributed by atoms with Crippen LogP contribution in [0.25, 0.3) is 0 Å². The minimum Gasteiger partial charge on any atom is -0.330 e. The number of nitrogens with zero attached hydrogens (tertiary/aromatic N) is 1. The van der Waals surface area contributed by atoms with Crippen molar-refractivity contribution in [3.05, 3.63) is 29.3 Å². The van der Waals surface area contributed by atoms with Crippen LogP contribution in [0.4, 0.5) is 5.69 Å². The highest BCUT2D eigenvalue weighted by atomic mass is 16.2. The first-order chi connectivity index (χ1) is 8.93. The summed E-state index contributed by atoms with van der Waals surface area (Å²) >= 11 is 0. The van der Waals surface area contributed by atoms with Crippen LogP contribution in [0.3, 0.4) is 0 Å². The molecule has 0 aliphatic carbocycles. The molecular formula is C16H24N2O. The van der Waals surface area contributed by atoms with Crippen LogP contribution in [0.2, 0.25) is 0 Å². The molecule has 1 aromatic carbocycles. The highest BCUT2D eigenvalue weighted by Gasteiger charge is 2.25. The van der Waals surface area contributed by atoms with Gasteiger partial charge >= 0.3 is 0 Å². The van der Waals surface area contributed by atoms with Gasteiger partial charge in [-0.3, -0.25) is 4.79 Å². The molecular weight excluding hydrogens is 236 g/mol. The van der Waals surface area contributed by atoms with Crippen LogP contribution < -0.4 is 10.6 Å². The van der Waals surface area contributed by atoms with E-state index in [4.69, 9.17) is 5.73 Å². The predicted octanol–water partition coefficient (Wildman–Crippen LogP) is 2.61. The fraction of sp³-hybridized carbons (Fsp3) is 0.562. The van der Waals surface area contributed by atoms with E-state index in [1.54, 1.807) is 0 Å². The van der Waals surface area contributed by atoms with Crippen LogP contribution in [0.15, 0.2) is 18.2 Å². The van der Waals surface area contributed by atoms with E-state index in [2.05, 4.69) is 39.0 Å². The van der Waals surface area contributed by atoms with E-state index in [-0.39, 0.29) is 11.3 Å². The van der Waals surface area contributed by atoms with Crippen molar-refractivity contribution < 1.29 is 4.79 Å². The maximum Gasteiger partial charge on any atom is 0.227 e. The van der Waals surface area contributed by atoms with Gasteiger partial charge in [0.1, 0.15) is 0 Å². The van der Waals surface area contributed by atoms with Gasteiger partial charge in [-0.25, -0.2) is 0 Å². The van der Waals surface area contributed by atoms with Crippen LogP contribution in [0.5, 0.6) is 0 Å². The molecule has 1 heterocycles. The minimum absolute atomic E-state index is 0.159. The number of carbonyl (C=O) groups excluding carboxylic acids is 1. The van der Waals surface area contributed by atoms with Crippen molar-refractivity contribution in [2.45, 2.75) is 45.4 Å². The topological polar surface area (TPSA) is 46.3 Å². The Morgan fingerprint density at radius 3 is 2.74 bits per heavy atom. The number of anilines is 1. The van der Waals surface area contributed by atoms with Gasteiger partial charge in [0, 0.05) is 18.7 Å². The van der Waals surface area contributed by atoms with Crippen molar-refractivity contribution in [1.29, 1.82) is 0 Å². The monoisotopic (exact) mass is 260 g/mol. The first-order valence-corrected chi connectivity index (χ1v) is 7.07. The third kappa shape index (κ3) is 2.98. The molecule has 0 atom stereocenters. The van der Waals surface area contributed by atoms with Gasteiger partial charge in [-0.2, -0.15) is 0 Å². The summed E-state index contributed by atoms with van der Waals surface area (Å²) < 4.78 is 0. The normalized spacial score (nSPS) is 14.6. The Kier molecular flexibility index (Phi) is 3.95. The second-order valence-corrected chi connectivity index (χ2v) is 6.28. The molecule has 1 amide bonds. The van der Waals surface area contributed by atoms with Gasteiger partial charge in [0.05, 0.1) is 0 Å². The molecule has 2 rings (SSSR count). The van der Waals surface area contributed by atoms with Crippen LogP contribution in [0, 0.1) is 0 Å². The smallest absolute Gasteiger partial charge is 0.227 e. The van der Waals surface area contributed by atoms with E-state index in [0.29, 0.717) is 13.0 Å². The average Bonchev–Trinajstić information content (AvgIpc) is 2.77. The van der Waals surface area contributed by atoms with Crippen molar-refractivity contribution in [2.24, 2.45) is 5.73 Å². The second kappa shape index (κ2) is 5.33. The molecule has 3 nitrogen and oxygen atoms in total. The predicted molar refractivity (Wildman–Crippen MR) is 79.5 cm³/mol. The molecule has 0 bridgehead atoms. The third-order valence-corrected chi connectivity index (χ3v) is 3.74. The van der Waals surface area contributed by atoms with Crippen LogP contribution in [-0.2, 0) is 16.6 Å². The summed E-state index contributed by atoms with van der Waals surface area (Å²) in [6, 6.07) is 6.50. The zero-order chi connectivity index (χ0) is 14.0. The number of rotatable bonds is 3. The van der Waals surface area contributed by atoms with E-state index >= 15 is 0 Å². The molecule has 0 saturated heterocycles. The van der Waals surface area contributed by atoms with Crippen molar-refractivity contribution >= 4 is 11.6 Å². The summed E-state index contributed by atoms with van der Waals surface area (Å²) in [7, 11) is 0. The Bertz CT molecular complexity index is 474. The van der Waals surface area contributed by atoms with Crippen LogP contribution in [-0.4, -0.2) is 19.0 Å².